The summed E-state index contributed by atoms with van der Waals surface area (Å²) in [5.74, 6) is -0.527. The first-order chi connectivity index (χ1) is 16.5. The van der Waals surface area contributed by atoms with Crippen molar-refractivity contribution in [1.29, 1.82) is 0 Å². The zero-order valence-electron chi connectivity index (χ0n) is 19.0. The number of carboxylic acid groups (broad SMARTS) is 1. The summed E-state index contributed by atoms with van der Waals surface area (Å²) in [6.07, 6.45) is 4.57. The van der Waals surface area contributed by atoms with Crippen LogP contribution in [0.1, 0.15) is 52.7 Å². The number of rotatable bonds is 8. The van der Waals surface area contributed by atoms with E-state index in [2.05, 4.69) is 22.8 Å². The summed E-state index contributed by atoms with van der Waals surface area (Å²) < 4.78 is 8.59. The smallest absolute Gasteiger partial charge is 0.303 e. The predicted octanol–water partition coefficient (Wildman–Crippen LogP) is 5.06. The fourth-order valence-electron chi connectivity index (χ4n) is 5.16. The summed E-state index contributed by atoms with van der Waals surface area (Å²) in [4.78, 5) is 23.5. The number of aryl methyl sites for hydroxylation is 1. The number of carboxylic acids is 1. The molecule has 3 aromatic carbocycles. The van der Waals surface area contributed by atoms with Crippen molar-refractivity contribution < 1.29 is 19.4 Å². The molecule has 4 aromatic rings. The van der Waals surface area contributed by atoms with Gasteiger partial charge in [-0.05, 0) is 67.0 Å². The molecule has 0 saturated heterocycles. The van der Waals surface area contributed by atoms with E-state index in [1.54, 1.807) is 6.07 Å². The van der Waals surface area contributed by atoms with Crippen LogP contribution in [0, 0.1) is 0 Å². The lowest BCUT2D eigenvalue weighted by atomic mass is 9.89. The van der Waals surface area contributed by atoms with E-state index in [-0.39, 0.29) is 6.42 Å². The number of amides is 1. The molecule has 1 aliphatic carbocycles. The highest BCUT2D eigenvalue weighted by Crippen LogP contribution is 2.43. The maximum atomic E-state index is 12.5. The van der Waals surface area contributed by atoms with Crippen LogP contribution in [0.15, 0.2) is 54.6 Å². The summed E-state index contributed by atoms with van der Waals surface area (Å²) in [5.41, 5.74) is 11.8. The molecule has 0 radical (unpaired) electrons. The number of primary amides is 1. The Labute approximate surface area is 197 Å². The third-order valence-electron chi connectivity index (χ3n) is 6.68. The summed E-state index contributed by atoms with van der Waals surface area (Å²) in [5, 5.41) is 10.8. The van der Waals surface area contributed by atoms with Crippen molar-refractivity contribution in [2.24, 2.45) is 5.73 Å². The minimum atomic E-state index is -0.834. The van der Waals surface area contributed by atoms with Crippen molar-refractivity contribution in [3.8, 4) is 5.75 Å². The van der Waals surface area contributed by atoms with Crippen molar-refractivity contribution >= 4 is 33.7 Å². The van der Waals surface area contributed by atoms with Gasteiger partial charge in [0.2, 0.25) is 5.91 Å². The predicted molar refractivity (Wildman–Crippen MR) is 133 cm³/mol. The molecule has 5 rings (SSSR count). The van der Waals surface area contributed by atoms with Crippen LogP contribution in [0.3, 0.4) is 0 Å². The van der Waals surface area contributed by atoms with Gasteiger partial charge in [0.15, 0.2) is 0 Å². The third-order valence-corrected chi connectivity index (χ3v) is 6.68. The van der Waals surface area contributed by atoms with Crippen molar-refractivity contribution in [1.82, 2.24) is 4.57 Å². The molecule has 0 spiro atoms. The Bertz CT molecular complexity index is 1390. The fraction of sp³-hybridized carbons (Fsp3) is 0.286. The molecule has 0 saturated carbocycles. The molecule has 1 heterocycles. The van der Waals surface area contributed by atoms with Gasteiger partial charge < -0.3 is 20.1 Å². The van der Waals surface area contributed by atoms with Crippen molar-refractivity contribution in [3.63, 3.8) is 0 Å². The molecule has 0 bridgehead atoms. The molecule has 0 fully saturated rings. The highest BCUT2D eigenvalue weighted by molar-refractivity contribution is 6.20. The minimum absolute atomic E-state index is 0.0560. The molecular weight excluding hydrogens is 428 g/mol. The average Bonchev–Trinajstić information content (AvgIpc) is 3.14. The number of hydrogen-bond acceptors (Lipinski definition) is 3. The van der Waals surface area contributed by atoms with Crippen LogP contribution in [0.25, 0.3) is 21.8 Å². The van der Waals surface area contributed by atoms with Gasteiger partial charge in [-0.1, -0.05) is 36.4 Å². The van der Waals surface area contributed by atoms with E-state index < -0.39 is 11.9 Å². The lowest BCUT2D eigenvalue weighted by Gasteiger charge is -2.21. The second-order valence-electron chi connectivity index (χ2n) is 8.93. The number of carbonyl (C=O) groups is 2. The zero-order valence-corrected chi connectivity index (χ0v) is 19.0. The first-order valence-electron chi connectivity index (χ1n) is 11.8. The van der Waals surface area contributed by atoms with E-state index in [4.69, 9.17) is 15.6 Å². The zero-order chi connectivity index (χ0) is 23.7. The SMILES string of the molecule is NC(=O)c1cccc2c1c1c(OCCCC(=O)O)c3c(cc1n2Cc1ccccc1)CCCC3. The summed E-state index contributed by atoms with van der Waals surface area (Å²) in [6.45, 7) is 0.961. The molecular formula is C28H28N2O4. The van der Waals surface area contributed by atoms with Crippen molar-refractivity contribution in [2.75, 3.05) is 6.61 Å². The standard InChI is InChI=1S/C28H28N2O4/c29-28(33)21-12-6-13-22-25(21)26-23(30(22)17-18-8-2-1-3-9-18)16-19-10-4-5-11-20(19)27(26)34-15-7-14-24(31)32/h1-3,6,8-9,12-13,16H,4-5,7,10-11,14-15,17H2,(H2,29,33)(H,31,32). The number of fused-ring (bicyclic) bond motifs is 4. The summed E-state index contributed by atoms with van der Waals surface area (Å²) in [7, 11) is 0. The van der Waals surface area contributed by atoms with E-state index in [0.717, 1.165) is 58.8 Å². The quantitative estimate of drug-likeness (QED) is 0.362. The number of aliphatic carboxylic acids is 1. The van der Waals surface area contributed by atoms with Crippen LogP contribution in [-0.4, -0.2) is 28.2 Å². The maximum Gasteiger partial charge on any atom is 0.303 e. The molecule has 0 unspecified atom stereocenters. The Hall–Kier alpha value is -3.80. The van der Waals surface area contributed by atoms with E-state index in [1.807, 2.05) is 30.3 Å². The third kappa shape index (κ3) is 4.00. The van der Waals surface area contributed by atoms with Gasteiger partial charge in [0, 0.05) is 23.9 Å². The highest BCUT2D eigenvalue weighted by Gasteiger charge is 2.25. The van der Waals surface area contributed by atoms with Crippen molar-refractivity contribution in [2.45, 2.75) is 45.1 Å². The van der Waals surface area contributed by atoms with Gasteiger partial charge in [-0.3, -0.25) is 9.59 Å². The first-order valence-corrected chi connectivity index (χ1v) is 11.8. The monoisotopic (exact) mass is 456 g/mol. The van der Waals surface area contributed by atoms with E-state index >= 15 is 0 Å². The number of carbonyl (C=O) groups excluding carboxylic acids is 1. The lowest BCUT2D eigenvalue weighted by Crippen LogP contribution is -2.11. The number of nitrogens with two attached hydrogens (primary N) is 1. The molecule has 174 valence electrons. The van der Waals surface area contributed by atoms with Gasteiger partial charge in [-0.2, -0.15) is 0 Å². The number of nitrogens with zero attached hydrogens (tertiary/aromatic N) is 1. The molecule has 3 N–H and O–H groups in total. The van der Waals surface area contributed by atoms with Gasteiger partial charge in [-0.25, -0.2) is 0 Å². The van der Waals surface area contributed by atoms with E-state index in [0.29, 0.717) is 25.1 Å². The lowest BCUT2D eigenvalue weighted by molar-refractivity contribution is -0.137. The van der Waals surface area contributed by atoms with E-state index in [9.17, 15) is 9.59 Å². The number of aromatic nitrogens is 1. The molecule has 1 amide bonds. The van der Waals surface area contributed by atoms with Crippen LogP contribution in [-0.2, 0) is 24.2 Å². The second kappa shape index (κ2) is 9.21. The van der Waals surface area contributed by atoms with Crippen LogP contribution < -0.4 is 10.5 Å². The highest BCUT2D eigenvalue weighted by atomic mass is 16.5. The summed E-state index contributed by atoms with van der Waals surface area (Å²) in [6, 6.07) is 18.2. The largest absolute Gasteiger partial charge is 0.493 e. The van der Waals surface area contributed by atoms with E-state index in [1.165, 1.54) is 11.1 Å². The number of ether oxygens (including phenoxy) is 1. The molecule has 1 aliphatic rings. The topological polar surface area (TPSA) is 94.6 Å². The Morgan fingerprint density at radius 1 is 0.971 bits per heavy atom. The fourth-order valence-corrected chi connectivity index (χ4v) is 5.16. The Morgan fingerprint density at radius 3 is 2.53 bits per heavy atom. The average molecular weight is 457 g/mol. The molecule has 1 aromatic heterocycles. The van der Waals surface area contributed by atoms with Gasteiger partial charge >= 0.3 is 5.97 Å². The minimum Gasteiger partial charge on any atom is -0.493 e. The number of benzene rings is 3. The molecule has 0 atom stereocenters. The van der Waals surface area contributed by atoms with Gasteiger partial charge in [-0.15, -0.1) is 0 Å². The maximum absolute atomic E-state index is 12.5. The van der Waals surface area contributed by atoms with Crippen molar-refractivity contribution in [3.05, 3.63) is 76.9 Å². The first kappa shape index (κ1) is 22.0. The van der Waals surface area contributed by atoms with Crippen LogP contribution in [0.2, 0.25) is 0 Å². The van der Waals surface area contributed by atoms with Gasteiger partial charge in [0.25, 0.3) is 0 Å². The Morgan fingerprint density at radius 2 is 1.76 bits per heavy atom. The van der Waals surface area contributed by atoms with Crippen LogP contribution in [0.4, 0.5) is 0 Å². The molecule has 6 heteroatoms. The van der Waals surface area contributed by atoms with Gasteiger partial charge in [0.1, 0.15) is 5.75 Å². The van der Waals surface area contributed by atoms with Crippen LogP contribution >= 0.6 is 0 Å². The molecule has 34 heavy (non-hydrogen) atoms. The summed E-state index contributed by atoms with van der Waals surface area (Å²) >= 11 is 0. The molecule has 0 aliphatic heterocycles. The second-order valence-corrected chi connectivity index (χ2v) is 8.93. The van der Waals surface area contributed by atoms with Gasteiger partial charge in [0.05, 0.1) is 23.0 Å². The Kier molecular flexibility index (Phi) is 5.97. The molecule has 6 nitrogen and oxygen atoms in total. The van der Waals surface area contributed by atoms with Crippen LogP contribution in [0.5, 0.6) is 5.75 Å². The Balaban J connectivity index is 1.78. The number of hydrogen-bond donors (Lipinski definition) is 2. The normalized spacial score (nSPS) is 13.2.